The van der Waals surface area contributed by atoms with Crippen LogP contribution < -0.4 is 5.32 Å². The molecule has 1 aromatic carbocycles. The van der Waals surface area contributed by atoms with Crippen LogP contribution >= 0.6 is 23.2 Å². The van der Waals surface area contributed by atoms with Crippen molar-refractivity contribution in [3.63, 3.8) is 0 Å². The monoisotopic (exact) mass is 289 g/mol. The highest BCUT2D eigenvalue weighted by Gasteiger charge is 2.22. The zero-order valence-corrected chi connectivity index (χ0v) is 11.9. The summed E-state index contributed by atoms with van der Waals surface area (Å²) >= 11 is 11.8. The summed E-state index contributed by atoms with van der Waals surface area (Å²) in [5.41, 5.74) is 0.843. The average molecular weight is 290 g/mol. The molecule has 0 saturated carbocycles. The summed E-state index contributed by atoms with van der Waals surface area (Å²) in [5.74, 6) is -0.775. The van der Waals surface area contributed by atoms with Crippen molar-refractivity contribution in [3.05, 3.63) is 33.8 Å². The molecule has 0 amide bonds. The van der Waals surface area contributed by atoms with Gasteiger partial charge in [0.05, 0.1) is 0 Å². The van der Waals surface area contributed by atoms with Crippen molar-refractivity contribution in [1.82, 2.24) is 5.32 Å². The zero-order chi connectivity index (χ0) is 13.7. The summed E-state index contributed by atoms with van der Waals surface area (Å²) in [6.45, 7) is 4.30. The first-order valence-corrected chi connectivity index (χ1v) is 6.61. The molecule has 0 aliphatic heterocycles. The first kappa shape index (κ1) is 15.3. The Morgan fingerprint density at radius 1 is 1.44 bits per heavy atom. The van der Waals surface area contributed by atoms with E-state index in [1.807, 2.05) is 13.8 Å². The second-order valence-corrected chi connectivity index (χ2v) is 5.16. The second-order valence-electron chi connectivity index (χ2n) is 4.32. The van der Waals surface area contributed by atoms with E-state index in [1.165, 1.54) is 0 Å². The molecule has 2 atom stereocenters. The minimum Gasteiger partial charge on any atom is -0.480 e. The number of halogens is 2. The highest BCUT2D eigenvalue weighted by atomic mass is 35.5. The van der Waals surface area contributed by atoms with Gasteiger partial charge in [-0.15, -0.1) is 0 Å². The Labute approximate surface area is 117 Å². The van der Waals surface area contributed by atoms with Crippen LogP contribution in [0.4, 0.5) is 0 Å². The Morgan fingerprint density at radius 2 is 2.11 bits per heavy atom. The summed E-state index contributed by atoms with van der Waals surface area (Å²) in [7, 11) is 0. The van der Waals surface area contributed by atoms with Crippen LogP contribution in [-0.2, 0) is 11.3 Å². The number of rotatable bonds is 6. The number of nitrogens with one attached hydrogen (secondary N) is 1. The van der Waals surface area contributed by atoms with Gasteiger partial charge in [0, 0.05) is 16.6 Å². The molecule has 0 radical (unpaired) electrons. The largest absolute Gasteiger partial charge is 0.480 e. The first-order valence-electron chi connectivity index (χ1n) is 5.85. The maximum absolute atomic E-state index is 11.1. The zero-order valence-electron chi connectivity index (χ0n) is 10.4. The number of benzene rings is 1. The molecule has 3 nitrogen and oxygen atoms in total. The summed E-state index contributed by atoms with van der Waals surface area (Å²) in [5, 5.41) is 13.3. The smallest absolute Gasteiger partial charge is 0.320 e. The van der Waals surface area contributed by atoms with E-state index in [4.69, 9.17) is 28.3 Å². The third-order valence-corrected chi connectivity index (χ3v) is 3.59. The molecular weight excluding hydrogens is 273 g/mol. The van der Waals surface area contributed by atoms with Crippen LogP contribution in [0.15, 0.2) is 18.2 Å². The fourth-order valence-corrected chi connectivity index (χ4v) is 2.13. The molecule has 1 rings (SSSR count). The van der Waals surface area contributed by atoms with Crippen LogP contribution in [0, 0.1) is 5.92 Å². The van der Waals surface area contributed by atoms with Gasteiger partial charge in [-0.05, 0) is 23.6 Å². The van der Waals surface area contributed by atoms with Crippen molar-refractivity contribution in [3.8, 4) is 0 Å². The Morgan fingerprint density at radius 3 is 2.61 bits per heavy atom. The lowest BCUT2D eigenvalue weighted by molar-refractivity contribution is -0.140. The highest BCUT2D eigenvalue weighted by Crippen LogP contribution is 2.21. The molecule has 0 unspecified atom stereocenters. The fourth-order valence-electron chi connectivity index (χ4n) is 1.65. The lowest BCUT2D eigenvalue weighted by Gasteiger charge is -2.20. The first-order chi connectivity index (χ1) is 8.45. The maximum atomic E-state index is 11.1. The topological polar surface area (TPSA) is 49.3 Å². The standard InChI is InChI=1S/C13H17Cl2NO2/c1-3-8(2)12(13(17)18)16-7-9-4-5-10(14)6-11(9)15/h4-6,8,12,16H,3,7H2,1-2H3,(H,17,18)/t8-,12-/m0/s1. The van der Waals surface area contributed by atoms with Crippen molar-refractivity contribution < 1.29 is 9.90 Å². The Kier molecular flexibility index (Phi) is 5.93. The number of hydrogen-bond acceptors (Lipinski definition) is 2. The molecule has 0 heterocycles. The van der Waals surface area contributed by atoms with Gasteiger partial charge in [0.2, 0.25) is 0 Å². The van der Waals surface area contributed by atoms with Crippen LogP contribution in [0.3, 0.4) is 0 Å². The van der Waals surface area contributed by atoms with E-state index in [1.54, 1.807) is 18.2 Å². The third kappa shape index (κ3) is 4.16. The van der Waals surface area contributed by atoms with Crippen LogP contribution in [0.2, 0.25) is 10.0 Å². The van der Waals surface area contributed by atoms with E-state index in [0.717, 1.165) is 12.0 Å². The van der Waals surface area contributed by atoms with Gasteiger partial charge in [0.25, 0.3) is 0 Å². The number of hydrogen-bond donors (Lipinski definition) is 2. The molecule has 100 valence electrons. The fraction of sp³-hybridized carbons (Fsp3) is 0.462. The SMILES string of the molecule is CC[C@H](C)[C@H](NCc1ccc(Cl)cc1Cl)C(=O)O. The normalized spacial score (nSPS) is 14.2. The summed E-state index contributed by atoms with van der Waals surface area (Å²) in [4.78, 5) is 11.1. The third-order valence-electron chi connectivity index (χ3n) is 3.01. The quantitative estimate of drug-likeness (QED) is 0.842. The molecule has 0 fully saturated rings. The van der Waals surface area contributed by atoms with Crippen molar-refractivity contribution in [1.29, 1.82) is 0 Å². The number of carbonyl (C=O) groups is 1. The molecular formula is C13H17Cl2NO2. The molecule has 18 heavy (non-hydrogen) atoms. The molecule has 0 saturated heterocycles. The predicted molar refractivity (Wildman–Crippen MR) is 74.2 cm³/mol. The Bertz CT molecular complexity index is 423. The summed E-state index contributed by atoms with van der Waals surface area (Å²) in [6.07, 6.45) is 0.804. The predicted octanol–water partition coefficient (Wildman–Crippen LogP) is 3.58. The molecule has 0 spiro atoms. The second kappa shape index (κ2) is 6.98. The van der Waals surface area contributed by atoms with E-state index in [2.05, 4.69) is 5.32 Å². The van der Waals surface area contributed by atoms with Crippen molar-refractivity contribution in [2.24, 2.45) is 5.92 Å². The van der Waals surface area contributed by atoms with E-state index in [9.17, 15) is 4.79 Å². The number of aliphatic carboxylic acids is 1. The van der Waals surface area contributed by atoms with Gasteiger partial charge in [-0.1, -0.05) is 49.5 Å². The van der Waals surface area contributed by atoms with Gasteiger partial charge in [-0.25, -0.2) is 0 Å². The average Bonchev–Trinajstić information content (AvgIpc) is 2.31. The van der Waals surface area contributed by atoms with Crippen molar-refractivity contribution in [2.45, 2.75) is 32.9 Å². The Hall–Kier alpha value is -0.770. The number of carboxylic acid groups (broad SMARTS) is 1. The molecule has 0 aliphatic rings. The van der Waals surface area contributed by atoms with Gasteiger partial charge in [-0.3, -0.25) is 4.79 Å². The van der Waals surface area contributed by atoms with Crippen LogP contribution in [0.5, 0.6) is 0 Å². The van der Waals surface area contributed by atoms with Gasteiger partial charge in [0.15, 0.2) is 0 Å². The van der Waals surface area contributed by atoms with Gasteiger partial charge >= 0.3 is 5.97 Å². The van der Waals surface area contributed by atoms with Crippen molar-refractivity contribution >= 4 is 29.2 Å². The van der Waals surface area contributed by atoms with E-state index < -0.39 is 12.0 Å². The lowest BCUT2D eigenvalue weighted by Crippen LogP contribution is -2.41. The van der Waals surface area contributed by atoms with Gasteiger partial charge < -0.3 is 10.4 Å². The maximum Gasteiger partial charge on any atom is 0.320 e. The van der Waals surface area contributed by atoms with Crippen LogP contribution in [0.25, 0.3) is 0 Å². The van der Waals surface area contributed by atoms with Gasteiger partial charge in [-0.2, -0.15) is 0 Å². The summed E-state index contributed by atoms with van der Waals surface area (Å²) in [6, 6.07) is 4.62. The molecule has 0 aliphatic carbocycles. The minimum atomic E-state index is -0.838. The lowest BCUT2D eigenvalue weighted by atomic mass is 9.99. The molecule has 0 bridgehead atoms. The highest BCUT2D eigenvalue weighted by molar-refractivity contribution is 6.35. The summed E-state index contributed by atoms with van der Waals surface area (Å²) < 4.78 is 0. The van der Waals surface area contributed by atoms with Crippen LogP contribution in [0.1, 0.15) is 25.8 Å². The molecule has 5 heteroatoms. The molecule has 0 aromatic heterocycles. The molecule has 1 aromatic rings. The van der Waals surface area contributed by atoms with Gasteiger partial charge in [0.1, 0.15) is 6.04 Å². The minimum absolute atomic E-state index is 0.0635. The molecule has 2 N–H and O–H groups in total. The van der Waals surface area contributed by atoms with E-state index >= 15 is 0 Å². The van der Waals surface area contributed by atoms with E-state index in [-0.39, 0.29) is 5.92 Å². The van der Waals surface area contributed by atoms with Crippen LogP contribution in [-0.4, -0.2) is 17.1 Å². The Balaban J connectivity index is 2.70. The van der Waals surface area contributed by atoms with E-state index in [0.29, 0.717) is 16.6 Å². The van der Waals surface area contributed by atoms with Crippen molar-refractivity contribution in [2.75, 3.05) is 0 Å². The number of carboxylic acids is 1.